The second kappa shape index (κ2) is 7.92. The van der Waals surface area contributed by atoms with Gasteiger partial charge in [0.15, 0.2) is 6.29 Å². The first-order chi connectivity index (χ1) is 14.7. The van der Waals surface area contributed by atoms with Crippen LogP contribution in [0.3, 0.4) is 0 Å². The van der Waals surface area contributed by atoms with E-state index in [1.54, 1.807) is 6.92 Å². The molecule has 0 aliphatic carbocycles. The van der Waals surface area contributed by atoms with Crippen molar-refractivity contribution >= 4 is 55.1 Å². The molecule has 31 heavy (non-hydrogen) atoms. The number of nitrogens with one attached hydrogen (secondary N) is 1. The molecule has 3 N–H and O–H groups in total. The second-order valence-corrected chi connectivity index (χ2v) is 9.62. The van der Waals surface area contributed by atoms with Crippen molar-refractivity contribution in [2.45, 2.75) is 18.1 Å². The van der Waals surface area contributed by atoms with Gasteiger partial charge in [-0.25, -0.2) is 18.2 Å². The van der Waals surface area contributed by atoms with Crippen molar-refractivity contribution in [3.05, 3.63) is 57.6 Å². The van der Waals surface area contributed by atoms with E-state index in [4.69, 9.17) is 10.3 Å². The normalized spacial score (nSPS) is 16.3. The molecule has 1 atom stereocenters. The monoisotopic (exact) mass is 527 g/mol. The first kappa shape index (κ1) is 21.2. The van der Waals surface area contributed by atoms with Crippen molar-refractivity contribution in [3.8, 4) is 0 Å². The number of primary amides is 1. The average molecular weight is 528 g/mol. The van der Waals surface area contributed by atoms with Crippen LogP contribution in [0.5, 0.6) is 0 Å². The molecule has 15 heteroatoms. The minimum Gasteiger partial charge on any atom is -0.365 e. The van der Waals surface area contributed by atoms with Crippen molar-refractivity contribution in [2.75, 3.05) is 4.90 Å². The number of carbonyl (C=O) groups is 2. The SMILES string of the molecule is Cc1noc(N2C=CN(C(=O)n3ccnc3)C2NS(=O)(=O)c2ccsc2C(N)=O)c1Br. The Kier molecular flexibility index (Phi) is 5.42. The minimum atomic E-state index is -4.28. The van der Waals surface area contributed by atoms with E-state index >= 15 is 0 Å². The van der Waals surface area contributed by atoms with Crippen molar-refractivity contribution in [1.29, 1.82) is 0 Å². The van der Waals surface area contributed by atoms with E-state index in [-0.39, 0.29) is 15.7 Å². The van der Waals surface area contributed by atoms with Crippen LogP contribution in [0.15, 0.2) is 56.5 Å². The number of aryl methyl sites for hydroxylation is 1. The van der Waals surface area contributed by atoms with Crippen LogP contribution in [0, 0.1) is 6.92 Å². The Bertz CT molecular complexity index is 1280. The average Bonchev–Trinajstić information content (AvgIpc) is 3.49. The first-order valence-electron chi connectivity index (χ1n) is 8.49. The summed E-state index contributed by atoms with van der Waals surface area (Å²) < 4.78 is 35.6. The number of anilines is 1. The van der Waals surface area contributed by atoms with Gasteiger partial charge in [0.2, 0.25) is 15.9 Å². The van der Waals surface area contributed by atoms with Crippen LogP contribution in [0.4, 0.5) is 10.7 Å². The molecule has 1 aliphatic heterocycles. The van der Waals surface area contributed by atoms with Gasteiger partial charge in [0, 0.05) is 24.8 Å². The van der Waals surface area contributed by atoms with Crippen molar-refractivity contribution < 1.29 is 22.5 Å². The molecule has 0 saturated heterocycles. The van der Waals surface area contributed by atoms with Gasteiger partial charge in [-0.2, -0.15) is 4.72 Å². The largest absolute Gasteiger partial charge is 0.365 e. The summed E-state index contributed by atoms with van der Waals surface area (Å²) in [5.41, 5.74) is 5.82. The summed E-state index contributed by atoms with van der Waals surface area (Å²) in [5.74, 6) is -0.709. The number of nitrogens with two attached hydrogens (primary N) is 1. The molecule has 0 spiro atoms. The number of halogens is 1. The third-order valence-corrected chi connectivity index (χ3v) is 7.68. The van der Waals surface area contributed by atoms with Gasteiger partial charge in [0.1, 0.15) is 20.6 Å². The summed E-state index contributed by atoms with van der Waals surface area (Å²) in [6.45, 7) is 1.69. The Morgan fingerprint density at radius 1 is 1.35 bits per heavy atom. The summed E-state index contributed by atoms with van der Waals surface area (Å²) in [6.07, 6.45) is 5.67. The summed E-state index contributed by atoms with van der Waals surface area (Å²) in [6, 6.07) is 0.674. The molecule has 2 amide bonds. The molecule has 4 heterocycles. The highest BCUT2D eigenvalue weighted by Crippen LogP contribution is 2.34. The molecular weight excluding hydrogens is 514 g/mol. The van der Waals surface area contributed by atoms with E-state index in [9.17, 15) is 18.0 Å². The number of rotatable bonds is 5. The van der Waals surface area contributed by atoms with Gasteiger partial charge in [-0.3, -0.25) is 19.2 Å². The minimum absolute atomic E-state index is 0.130. The molecular formula is C16H14BrN7O5S2. The number of amides is 2. The van der Waals surface area contributed by atoms with Gasteiger partial charge in [-0.05, 0) is 34.3 Å². The highest BCUT2D eigenvalue weighted by molar-refractivity contribution is 9.10. The van der Waals surface area contributed by atoms with Gasteiger partial charge < -0.3 is 10.3 Å². The zero-order valence-corrected chi connectivity index (χ0v) is 18.9. The van der Waals surface area contributed by atoms with E-state index < -0.39 is 28.3 Å². The van der Waals surface area contributed by atoms with Gasteiger partial charge in [-0.15, -0.1) is 11.3 Å². The number of carbonyl (C=O) groups excluding carboxylic acids is 2. The molecule has 3 aromatic heterocycles. The Morgan fingerprint density at radius 3 is 2.74 bits per heavy atom. The maximum Gasteiger partial charge on any atom is 0.336 e. The number of nitrogens with zero attached hydrogens (tertiary/aromatic N) is 5. The van der Waals surface area contributed by atoms with E-state index in [0.29, 0.717) is 10.2 Å². The molecule has 3 aromatic rings. The number of aromatic nitrogens is 3. The molecule has 1 unspecified atom stereocenters. The smallest absolute Gasteiger partial charge is 0.336 e. The molecule has 0 bridgehead atoms. The lowest BCUT2D eigenvalue weighted by atomic mass is 10.4. The van der Waals surface area contributed by atoms with Gasteiger partial charge >= 0.3 is 6.03 Å². The lowest BCUT2D eigenvalue weighted by Crippen LogP contribution is -2.54. The number of hydrogen-bond acceptors (Lipinski definition) is 9. The van der Waals surface area contributed by atoms with Crippen LogP contribution in [0.1, 0.15) is 15.4 Å². The highest BCUT2D eigenvalue weighted by atomic mass is 79.9. The lowest BCUT2D eigenvalue weighted by Gasteiger charge is -2.30. The number of hydrogen-bond donors (Lipinski definition) is 2. The first-order valence-corrected chi connectivity index (χ1v) is 11.6. The lowest BCUT2D eigenvalue weighted by molar-refractivity contribution is 0.100. The standard InChI is InChI=1S/C16H14BrN7O5S2/c1-9-11(17)14(29-20-9)23-5-6-24(16(26)22-4-3-19-8-22)15(23)21-31(27,28)10-2-7-30-12(10)13(18)25/h2-8,15,21H,1H3,(H2,18,25). The molecule has 4 rings (SSSR count). The zero-order valence-electron chi connectivity index (χ0n) is 15.7. The number of sulfonamides is 1. The number of imidazole rings is 1. The molecule has 0 saturated carbocycles. The Balaban J connectivity index is 1.74. The quantitative estimate of drug-likeness (QED) is 0.506. The molecule has 162 valence electrons. The van der Waals surface area contributed by atoms with Gasteiger partial charge in [0.25, 0.3) is 5.91 Å². The zero-order chi connectivity index (χ0) is 22.3. The second-order valence-electron chi connectivity index (χ2n) is 6.23. The Labute approximate surface area is 188 Å². The maximum absolute atomic E-state index is 13.1. The van der Waals surface area contributed by atoms with Crippen LogP contribution in [-0.4, -0.2) is 46.3 Å². The molecule has 0 fully saturated rings. The predicted octanol–water partition coefficient (Wildman–Crippen LogP) is 1.63. The predicted molar refractivity (Wildman–Crippen MR) is 112 cm³/mol. The Hall–Kier alpha value is -3.01. The highest BCUT2D eigenvalue weighted by Gasteiger charge is 2.39. The molecule has 0 aromatic carbocycles. The van der Waals surface area contributed by atoms with E-state index in [1.807, 2.05) is 0 Å². The van der Waals surface area contributed by atoms with Crippen LogP contribution >= 0.6 is 27.3 Å². The Morgan fingerprint density at radius 2 is 2.13 bits per heavy atom. The van der Waals surface area contributed by atoms with E-state index in [2.05, 4.69) is 30.8 Å². The molecule has 1 aliphatic rings. The summed E-state index contributed by atoms with van der Waals surface area (Å²) in [5, 5.41) is 5.28. The van der Waals surface area contributed by atoms with E-state index in [0.717, 1.165) is 16.2 Å². The van der Waals surface area contributed by atoms with Crippen LogP contribution < -0.4 is 15.4 Å². The van der Waals surface area contributed by atoms with Gasteiger partial charge in [-0.1, -0.05) is 5.16 Å². The van der Waals surface area contributed by atoms with Crippen molar-refractivity contribution in [1.82, 2.24) is 24.3 Å². The number of thiophene rings is 1. The third-order valence-electron chi connectivity index (χ3n) is 4.27. The third kappa shape index (κ3) is 3.76. The molecule has 0 radical (unpaired) electrons. The fourth-order valence-electron chi connectivity index (χ4n) is 2.81. The van der Waals surface area contributed by atoms with Crippen LogP contribution in [-0.2, 0) is 10.0 Å². The van der Waals surface area contributed by atoms with Crippen LogP contribution in [0.25, 0.3) is 0 Å². The fraction of sp³-hybridized carbons (Fsp3) is 0.125. The summed E-state index contributed by atoms with van der Waals surface area (Å²) in [4.78, 5) is 30.5. The topological polar surface area (TPSA) is 157 Å². The van der Waals surface area contributed by atoms with Gasteiger partial charge in [0.05, 0.1) is 5.69 Å². The summed E-state index contributed by atoms with van der Waals surface area (Å²) >= 11 is 4.24. The van der Waals surface area contributed by atoms with Crippen molar-refractivity contribution in [2.24, 2.45) is 5.73 Å². The van der Waals surface area contributed by atoms with Crippen LogP contribution in [0.2, 0.25) is 0 Å². The van der Waals surface area contributed by atoms with Crippen molar-refractivity contribution in [3.63, 3.8) is 0 Å². The fourth-order valence-corrected chi connectivity index (χ4v) is 5.58. The summed E-state index contributed by atoms with van der Waals surface area (Å²) in [7, 11) is -4.28. The van der Waals surface area contributed by atoms with E-state index in [1.165, 1.54) is 52.0 Å². The maximum atomic E-state index is 13.1. The molecule has 12 nitrogen and oxygen atoms in total.